The molecule has 0 aromatic rings. The van der Waals surface area contributed by atoms with Crippen LogP contribution >= 0.6 is 0 Å². The van der Waals surface area contributed by atoms with Crippen LogP contribution in [0.2, 0.25) is 0 Å². The first-order valence-electron chi connectivity index (χ1n) is 5.56. The first-order chi connectivity index (χ1) is 6.18. The van der Waals surface area contributed by atoms with Gasteiger partial charge in [-0.3, -0.25) is 4.90 Å². The highest BCUT2D eigenvalue weighted by Crippen LogP contribution is 2.31. The number of rotatable bonds is 1. The van der Waals surface area contributed by atoms with Crippen LogP contribution in [0.5, 0.6) is 0 Å². The first kappa shape index (κ1) is 9.47. The normalized spacial score (nSPS) is 41.1. The summed E-state index contributed by atoms with van der Waals surface area (Å²) in [5.74, 6) is 0.801. The van der Waals surface area contributed by atoms with Crippen molar-refractivity contribution in [2.45, 2.75) is 51.8 Å². The zero-order valence-corrected chi connectivity index (χ0v) is 8.99. The van der Waals surface area contributed by atoms with Crippen molar-refractivity contribution >= 4 is 0 Å². The molecule has 2 aliphatic rings. The van der Waals surface area contributed by atoms with E-state index in [-0.39, 0.29) is 0 Å². The van der Waals surface area contributed by atoms with Crippen molar-refractivity contribution in [2.24, 2.45) is 5.92 Å². The van der Waals surface area contributed by atoms with Gasteiger partial charge in [-0.2, -0.15) is 0 Å². The minimum atomic E-state index is 0.440. The van der Waals surface area contributed by atoms with Gasteiger partial charge in [0.25, 0.3) is 0 Å². The van der Waals surface area contributed by atoms with E-state index in [1.807, 2.05) is 0 Å². The monoisotopic (exact) mass is 183 g/mol. The highest BCUT2D eigenvalue weighted by molar-refractivity contribution is 4.92. The predicted molar refractivity (Wildman–Crippen MR) is 53.8 cm³/mol. The van der Waals surface area contributed by atoms with Crippen molar-refractivity contribution in [1.29, 1.82) is 0 Å². The molecule has 2 nitrogen and oxygen atoms in total. The third kappa shape index (κ3) is 1.75. The standard InChI is InChI=1S/C11H21NO/c1-8(2)11-5-4-10-7-13-9(3)6-12(10)11/h8-11H,4-7H2,1-3H3/t9?,10-,11?/m0/s1. The van der Waals surface area contributed by atoms with Crippen molar-refractivity contribution in [3.8, 4) is 0 Å². The van der Waals surface area contributed by atoms with Crippen LogP contribution in [-0.4, -0.2) is 36.2 Å². The van der Waals surface area contributed by atoms with Crippen LogP contribution in [0.4, 0.5) is 0 Å². The Morgan fingerprint density at radius 3 is 2.77 bits per heavy atom. The van der Waals surface area contributed by atoms with Gasteiger partial charge in [0, 0.05) is 18.6 Å². The third-order valence-corrected chi connectivity index (χ3v) is 3.50. The Balaban J connectivity index is 2.02. The molecule has 3 atom stereocenters. The molecule has 2 fully saturated rings. The topological polar surface area (TPSA) is 12.5 Å². The predicted octanol–water partition coefficient (Wildman–Crippen LogP) is 1.89. The van der Waals surface area contributed by atoms with Gasteiger partial charge in [-0.1, -0.05) is 13.8 Å². The number of fused-ring (bicyclic) bond motifs is 1. The molecule has 76 valence electrons. The van der Waals surface area contributed by atoms with Gasteiger partial charge in [0.2, 0.25) is 0 Å². The lowest BCUT2D eigenvalue weighted by Gasteiger charge is -2.38. The van der Waals surface area contributed by atoms with Gasteiger partial charge < -0.3 is 4.74 Å². The van der Waals surface area contributed by atoms with Gasteiger partial charge in [0.05, 0.1) is 12.7 Å². The maximum atomic E-state index is 5.68. The number of nitrogens with zero attached hydrogens (tertiary/aromatic N) is 1. The van der Waals surface area contributed by atoms with Crippen LogP contribution in [-0.2, 0) is 4.74 Å². The van der Waals surface area contributed by atoms with Crippen molar-refractivity contribution in [3.63, 3.8) is 0 Å². The Bertz CT molecular complexity index is 181. The van der Waals surface area contributed by atoms with E-state index in [1.54, 1.807) is 0 Å². The molecule has 2 rings (SSSR count). The Hall–Kier alpha value is -0.0800. The van der Waals surface area contributed by atoms with Crippen LogP contribution in [0.1, 0.15) is 33.6 Å². The summed E-state index contributed by atoms with van der Waals surface area (Å²) in [5.41, 5.74) is 0. The summed E-state index contributed by atoms with van der Waals surface area (Å²) >= 11 is 0. The van der Waals surface area contributed by atoms with Gasteiger partial charge in [-0.15, -0.1) is 0 Å². The fraction of sp³-hybridized carbons (Fsp3) is 1.00. The second kappa shape index (κ2) is 3.58. The van der Waals surface area contributed by atoms with E-state index in [4.69, 9.17) is 4.74 Å². The lowest BCUT2D eigenvalue weighted by Crippen LogP contribution is -2.49. The zero-order chi connectivity index (χ0) is 9.42. The van der Waals surface area contributed by atoms with E-state index in [0.29, 0.717) is 6.10 Å². The molecule has 0 bridgehead atoms. The Labute approximate surface area is 81.3 Å². The molecule has 0 N–H and O–H groups in total. The number of morpholine rings is 1. The molecule has 0 aliphatic carbocycles. The lowest BCUT2D eigenvalue weighted by molar-refractivity contribution is -0.0560. The second-order valence-electron chi connectivity index (χ2n) is 4.88. The summed E-state index contributed by atoms with van der Waals surface area (Å²) in [4.78, 5) is 2.68. The molecular weight excluding hydrogens is 162 g/mol. The summed E-state index contributed by atoms with van der Waals surface area (Å²) in [6.07, 6.45) is 3.16. The van der Waals surface area contributed by atoms with Gasteiger partial charge >= 0.3 is 0 Å². The van der Waals surface area contributed by atoms with Crippen LogP contribution in [0, 0.1) is 5.92 Å². The average Bonchev–Trinajstić information content (AvgIpc) is 2.46. The molecule has 0 aromatic heterocycles. The van der Waals surface area contributed by atoms with Crippen LogP contribution in [0.3, 0.4) is 0 Å². The van der Waals surface area contributed by atoms with E-state index < -0.39 is 0 Å². The van der Waals surface area contributed by atoms with Gasteiger partial charge in [0.15, 0.2) is 0 Å². The molecular formula is C11H21NO. The van der Waals surface area contributed by atoms with E-state index in [2.05, 4.69) is 25.7 Å². The van der Waals surface area contributed by atoms with Crippen molar-refractivity contribution < 1.29 is 4.74 Å². The molecule has 0 spiro atoms. The first-order valence-corrected chi connectivity index (χ1v) is 5.56. The molecule has 2 heteroatoms. The molecule has 0 saturated carbocycles. The van der Waals surface area contributed by atoms with E-state index in [0.717, 1.165) is 31.2 Å². The van der Waals surface area contributed by atoms with E-state index >= 15 is 0 Å². The highest BCUT2D eigenvalue weighted by atomic mass is 16.5. The van der Waals surface area contributed by atoms with E-state index in [1.165, 1.54) is 12.8 Å². The van der Waals surface area contributed by atoms with Gasteiger partial charge in [-0.05, 0) is 25.7 Å². The molecule has 2 unspecified atom stereocenters. The molecule has 2 saturated heterocycles. The molecule has 2 aliphatic heterocycles. The van der Waals surface area contributed by atoms with Gasteiger partial charge in [-0.25, -0.2) is 0 Å². The minimum absolute atomic E-state index is 0.440. The molecule has 0 radical (unpaired) electrons. The van der Waals surface area contributed by atoms with Gasteiger partial charge in [0.1, 0.15) is 0 Å². The largest absolute Gasteiger partial charge is 0.376 e. The summed E-state index contributed by atoms with van der Waals surface area (Å²) in [5, 5.41) is 0. The fourth-order valence-corrected chi connectivity index (χ4v) is 2.77. The van der Waals surface area contributed by atoms with Crippen molar-refractivity contribution in [3.05, 3.63) is 0 Å². The van der Waals surface area contributed by atoms with Crippen molar-refractivity contribution in [1.82, 2.24) is 4.90 Å². The second-order valence-corrected chi connectivity index (χ2v) is 4.88. The summed E-state index contributed by atoms with van der Waals surface area (Å²) < 4.78 is 5.68. The molecule has 0 aromatic carbocycles. The average molecular weight is 183 g/mol. The lowest BCUT2D eigenvalue weighted by atomic mass is 10.0. The molecule has 2 heterocycles. The summed E-state index contributed by atoms with van der Waals surface area (Å²) in [6.45, 7) is 8.98. The Morgan fingerprint density at radius 1 is 1.31 bits per heavy atom. The maximum absolute atomic E-state index is 5.68. The fourth-order valence-electron chi connectivity index (χ4n) is 2.77. The maximum Gasteiger partial charge on any atom is 0.0674 e. The number of hydrogen-bond acceptors (Lipinski definition) is 2. The number of hydrogen-bond donors (Lipinski definition) is 0. The SMILES string of the molecule is CC1CN2C(C(C)C)CC[C@H]2CO1. The van der Waals surface area contributed by atoms with Crippen LogP contribution in [0.15, 0.2) is 0 Å². The van der Waals surface area contributed by atoms with Crippen molar-refractivity contribution in [2.75, 3.05) is 13.2 Å². The Morgan fingerprint density at radius 2 is 2.08 bits per heavy atom. The summed E-state index contributed by atoms with van der Waals surface area (Å²) in [6, 6.07) is 1.54. The van der Waals surface area contributed by atoms with E-state index in [9.17, 15) is 0 Å². The smallest absolute Gasteiger partial charge is 0.0674 e. The quantitative estimate of drug-likeness (QED) is 0.615. The molecule has 0 amide bonds. The third-order valence-electron chi connectivity index (χ3n) is 3.50. The molecule has 13 heavy (non-hydrogen) atoms. The zero-order valence-electron chi connectivity index (χ0n) is 8.99. The van der Waals surface area contributed by atoms with Crippen LogP contribution in [0.25, 0.3) is 0 Å². The van der Waals surface area contributed by atoms with Crippen LogP contribution < -0.4 is 0 Å². The number of ether oxygens (including phenoxy) is 1. The minimum Gasteiger partial charge on any atom is -0.376 e. The highest BCUT2D eigenvalue weighted by Gasteiger charge is 2.38. The summed E-state index contributed by atoms with van der Waals surface area (Å²) in [7, 11) is 0. The Kier molecular flexibility index (Phi) is 2.61.